The minimum absolute atomic E-state index is 0.0486. The zero-order chi connectivity index (χ0) is 29.7. The molecule has 7 rings (SSSR count). The lowest BCUT2D eigenvalue weighted by atomic mass is 10.1. The second-order valence-electron chi connectivity index (χ2n) is 11.3. The van der Waals surface area contributed by atoms with Gasteiger partial charge >= 0.3 is 0 Å². The van der Waals surface area contributed by atoms with Crippen LogP contribution in [0.4, 0.5) is 21.2 Å². The van der Waals surface area contributed by atoms with Crippen molar-refractivity contribution in [1.29, 1.82) is 5.26 Å². The first-order valence-electron chi connectivity index (χ1n) is 14.4. The molecule has 9 nitrogen and oxygen atoms in total. The summed E-state index contributed by atoms with van der Waals surface area (Å²) in [6.45, 7) is 4.05. The first-order valence-corrected chi connectivity index (χ1v) is 15.2. The maximum atomic E-state index is 13.5. The van der Waals surface area contributed by atoms with E-state index in [1.165, 1.54) is 23.5 Å². The first kappa shape index (κ1) is 27.5. The third kappa shape index (κ3) is 5.01. The van der Waals surface area contributed by atoms with Crippen LogP contribution in [0.25, 0.3) is 28.0 Å². The number of rotatable bonds is 9. The second kappa shape index (κ2) is 10.7. The predicted octanol–water partition coefficient (Wildman–Crippen LogP) is 5.16. The molecule has 1 saturated carbocycles. The van der Waals surface area contributed by atoms with Crippen LogP contribution < -0.4 is 15.1 Å². The van der Waals surface area contributed by atoms with Crippen LogP contribution in [0.2, 0.25) is 0 Å². The zero-order valence-electron chi connectivity index (χ0n) is 24.0. The lowest BCUT2D eigenvalue weighted by Gasteiger charge is -2.42. The Morgan fingerprint density at radius 1 is 1.09 bits per heavy atom. The molecule has 4 aromatic heterocycles. The van der Waals surface area contributed by atoms with Gasteiger partial charge in [0.05, 0.1) is 12.3 Å². The fourth-order valence-corrected chi connectivity index (χ4v) is 6.55. The number of nitrogens with one attached hydrogen (secondary N) is 1. The van der Waals surface area contributed by atoms with E-state index in [-0.39, 0.29) is 18.0 Å². The van der Waals surface area contributed by atoms with E-state index in [0.717, 1.165) is 66.5 Å². The normalized spacial score (nSPS) is 15.8. The second-order valence-corrected chi connectivity index (χ2v) is 12.3. The maximum absolute atomic E-state index is 13.5. The number of aliphatic hydroxyl groups excluding tert-OH is 1. The Labute approximate surface area is 252 Å². The number of hydrogen-bond acceptors (Lipinski definition) is 9. The van der Waals surface area contributed by atoms with Crippen LogP contribution in [0.5, 0.6) is 0 Å². The number of benzene rings is 1. The predicted molar refractivity (Wildman–Crippen MR) is 166 cm³/mol. The summed E-state index contributed by atoms with van der Waals surface area (Å²) in [4.78, 5) is 19.1. The van der Waals surface area contributed by atoms with Gasteiger partial charge in [-0.3, -0.25) is 4.40 Å². The molecule has 1 saturated heterocycles. The van der Waals surface area contributed by atoms with Crippen molar-refractivity contribution in [1.82, 2.24) is 24.7 Å². The number of thiazole rings is 1. The van der Waals surface area contributed by atoms with Crippen molar-refractivity contribution in [2.24, 2.45) is 0 Å². The Kier molecular flexibility index (Phi) is 6.85. The van der Waals surface area contributed by atoms with Crippen LogP contribution in [-0.4, -0.2) is 62.8 Å². The molecule has 2 N–H and O–H groups in total. The summed E-state index contributed by atoms with van der Waals surface area (Å²) in [7, 11) is 1.93. The van der Waals surface area contributed by atoms with E-state index in [4.69, 9.17) is 15.0 Å². The summed E-state index contributed by atoms with van der Waals surface area (Å²) < 4.78 is 15.6. The monoisotopic (exact) mass is 594 g/mol. The Bertz CT molecular complexity index is 1830. The third-order valence-electron chi connectivity index (χ3n) is 8.39. The van der Waals surface area contributed by atoms with Gasteiger partial charge in [0.2, 0.25) is 0 Å². The number of anilines is 3. The van der Waals surface area contributed by atoms with E-state index >= 15 is 0 Å². The quantitative estimate of drug-likeness (QED) is 0.241. The smallest absolute Gasteiger partial charge is 0.192 e. The molecule has 0 amide bonds. The summed E-state index contributed by atoms with van der Waals surface area (Å²) in [5.41, 5.74) is 4.93. The molecule has 0 atom stereocenters. The topological polar surface area (TPSA) is 106 Å². The lowest BCUT2D eigenvalue weighted by molar-refractivity contribution is 0.210. The number of pyridine rings is 2. The Morgan fingerprint density at radius 3 is 2.49 bits per heavy atom. The Morgan fingerprint density at radius 2 is 1.84 bits per heavy atom. The molecule has 0 unspecified atom stereocenters. The number of hydrogen-bond donors (Lipinski definition) is 2. The van der Waals surface area contributed by atoms with Crippen LogP contribution >= 0.6 is 11.3 Å². The van der Waals surface area contributed by atoms with Crippen LogP contribution in [0.3, 0.4) is 0 Å². The number of aliphatic hydroxyl groups is 1. The number of nitriles is 1. The molecule has 1 aliphatic carbocycles. The summed E-state index contributed by atoms with van der Waals surface area (Å²) in [5.74, 6) is 1.49. The molecule has 5 aromatic rings. The molecule has 0 bridgehead atoms. The van der Waals surface area contributed by atoms with Gasteiger partial charge in [-0.05, 0) is 67.8 Å². The van der Waals surface area contributed by atoms with Crippen molar-refractivity contribution < 1.29 is 9.50 Å². The van der Waals surface area contributed by atoms with Gasteiger partial charge in [0.1, 0.15) is 39.7 Å². The van der Waals surface area contributed by atoms with E-state index in [2.05, 4.69) is 52.0 Å². The van der Waals surface area contributed by atoms with E-state index in [1.807, 2.05) is 24.2 Å². The number of aromatic nitrogens is 4. The van der Waals surface area contributed by atoms with E-state index in [9.17, 15) is 14.8 Å². The van der Waals surface area contributed by atoms with Crippen LogP contribution in [-0.2, 0) is 6.42 Å². The van der Waals surface area contributed by atoms with Gasteiger partial charge in [0.15, 0.2) is 5.13 Å². The number of aryl methyl sites for hydroxylation is 1. The van der Waals surface area contributed by atoms with Crippen molar-refractivity contribution in [3.63, 3.8) is 0 Å². The Balaban J connectivity index is 1.15. The molecular weight excluding hydrogens is 563 g/mol. The minimum atomic E-state index is -0.333. The van der Waals surface area contributed by atoms with E-state index < -0.39 is 0 Å². The largest absolute Gasteiger partial charge is 0.394 e. The van der Waals surface area contributed by atoms with Crippen LogP contribution in [0.1, 0.15) is 30.3 Å². The summed E-state index contributed by atoms with van der Waals surface area (Å²) in [6, 6.07) is 16.9. The van der Waals surface area contributed by atoms with Gasteiger partial charge in [-0.2, -0.15) is 5.26 Å². The Hall–Kier alpha value is -4.37. The average Bonchev–Trinajstić information content (AvgIpc) is 3.50. The first-order chi connectivity index (χ1) is 20.9. The van der Waals surface area contributed by atoms with Crippen molar-refractivity contribution in [3.8, 4) is 28.5 Å². The summed E-state index contributed by atoms with van der Waals surface area (Å²) in [5, 5.41) is 23.7. The van der Waals surface area contributed by atoms with Gasteiger partial charge in [0.25, 0.3) is 0 Å². The van der Waals surface area contributed by atoms with Gasteiger partial charge in [-0.25, -0.2) is 19.3 Å². The van der Waals surface area contributed by atoms with Crippen molar-refractivity contribution in [3.05, 3.63) is 77.3 Å². The minimum Gasteiger partial charge on any atom is -0.394 e. The molecule has 0 spiro atoms. The molecule has 5 heterocycles. The van der Waals surface area contributed by atoms with Crippen LogP contribution in [0, 0.1) is 17.1 Å². The third-order valence-corrected chi connectivity index (χ3v) is 9.43. The molecule has 2 aliphatic rings. The molecule has 43 heavy (non-hydrogen) atoms. The van der Waals surface area contributed by atoms with Crippen LogP contribution in [0.15, 0.2) is 60.9 Å². The molecule has 2 fully saturated rings. The van der Waals surface area contributed by atoms with E-state index in [1.54, 1.807) is 12.1 Å². The maximum Gasteiger partial charge on any atom is 0.192 e. The highest BCUT2D eigenvalue weighted by Gasteiger charge is 2.45. The number of fused-ring (bicyclic) bond motifs is 1. The SMILES string of the molecule is CCc1nc2ccc(-c3ccc(N4CC(NC5(CO)CC5)C4)nc3)cn2c1N(C)c1nc(-c2ccc(F)cc2)c(C#N)s1. The molecular formula is C32H31FN8OS. The molecule has 11 heteroatoms. The van der Waals surface area contributed by atoms with Crippen molar-refractivity contribution >= 4 is 33.8 Å². The summed E-state index contributed by atoms with van der Waals surface area (Å²) in [6.07, 6.45) is 6.79. The molecule has 0 radical (unpaired) electrons. The van der Waals surface area contributed by atoms with Crippen molar-refractivity contribution in [2.75, 3.05) is 36.5 Å². The fourth-order valence-electron chi connectivity index (χ4n) is 5.70. The summed E-state index contributed by atoms with van der Waals surface area (Å²) >= 11 is 1.30. The number of halogens is 1. The highest BCUT2D eigenvalue weighted by molar-refractivity contribution is 7.16. The van der Waals surface area contributed by atoms with Gasteiger partial charge in [-0.1, -0.05) is 18.3 Å². The fraction of sp³-hybridized carbons (Fsp3) is 0.312. The van der Waals surface area contributed by atoms with Gasteiger partial charge < -0.3 is 20.2 Å². The highest BCUT2D eigenvalue weighted by Crippen LogP contribution is 2.38. The lowest BCUT2D eigenvalue weighted by Crippen LogP contribution is -2.61. The number of imidazole rings is 1. The zero-order valence-corrected chi connectivity index (χ0v) is 24.8. The standard InChI is InChI=1S/C32H31FN8OS/c1-3-25-30(39(2)31-37-29(26(14-34)43-31)20-4-8-23(33)9-5-20)41-16-22(7-11-28(41)36-25)21-6-10-27(35-15-21)40-17-24(18-40)38-32(19-42)12-13-32/h4-11,15-16,24,38,42H,3,12-13,17-19H2,1-2H3. The van der Waals surface area contributed by atoms with Crippen molar-refractivity contribution in [2.45, 2.75) is 37.8 Å². The number of nitrogens with zero attached hydrogens (tertiary/aromatic N) is 7. The highest BCUT2D eigenvalue weighted by atomic mass is 32.1. The van der Waals surface area contributed by atoms with Gasteiger partial charge in [-0.15, -0.1) is 0 Å². The van der Waals surface area contributed by atoms with Gasteiger partial charge in [0, 0.05) is 60.8 Å². The van der Waals surface area contributed by atoms with E-state index in [0.29, 0.717) is 27.3 Å². The molecule has 1 aromatic carbocycles. The molecule has 218 valence electrons. The average molecular weight is 595 g/mol. The molecule has 1 aliphatic heterocycles.